The van der Waals surface area contributed by atoms with Gasteiger partial charge in [0.15, 0.2) is 0 Å². The standard InChI is InChI=1S/C12H22O3/c1-4-14-8-9-15-11-7-5-6-10(13)12(11,2)3/h11H,4-9H2,1-3H3. The van der Waals surface area contributed by atoms with E-state index in [1.165, 1.54) is 0 Å². The summed E-state index contributed by atoms with van der Waals surface area (Å²) < 4.78 is 10.9. The van der Waals surface area contributed by atoms with Crippen molar-refractivity contribution in [2.24, 2.45) is 5.41 Å². The highest BCUT2D eigenvalue weighted by molar-refractivity contribution is 5.85. The predicted octanol–water partition coefficient (Wildman–Crippen LogP) is 2.19. The Morgan fingerprint density at radius 2 is 2.13 bits per heavy atom. The van der Waals surface area contributed by atoms with Crippen molar-refractivity contribution in [1.29, 1.82) is 0 Å². The molecule has 88 valence electrons. The van der Waals surface area contributed by atoms with Gasteiger partial charge in [0.2, 0.25) is 0 Å². The van der Waals surface area contributed by atoms with Crippen molar-refractivity contribution in [2.75, 3.05) is 19.8 Å². The predicted molar refractivity (Wildman–Crippen MR) is 58.9 cm³/mol. The van der Waals surface area contributed by atoms with Crippen LogP contribution in [-0.2, 0) is 14.3 Å². The molecule has 1 aliphatic carbocycles. The fourth-order valence-electron chi connectivity index (χ4n) is 2.00. The number of ketones is 1. The van der Waals surface area contributed by atoms with E-state index in [-0.39, 0.29) is 11.5 Å². The second-order valence-corrected chi connectivity index (χ2v) is 4.59. The van der Waals surface area contributed by atoms with Crippen LogP contribution in [0.2, 0.25) is 0 Å². The summed E-state index contributed by atoms with van der Waals surface area (Å²) in [6, 6.07) is 0. The van der Waals surface area contributed by atoms with Crippen LogP contribution >= 0.6 is 0 Å². The summed E-state index contributed by atoms with van der Waals surface area (Å²) in [5.41, 5.74) is -0.315. The summed E-state index contributed by atoms with van der Waals surface area (Å²) >= 11 is 0. The zero-order valence-corrected chi connectivity index (χ0v) is 10.0. The molecule has 1 saturated carbocycles. The fraction of sp³-hybridized carbons (Fsp3) is 0.917. The van der Waals surface area contributed by atoms with Crippen LogP contribution < -0.4 is 0 Å². The van der Waals surface area contributed by atoms with Crippen LogP contribution in [0.4, 0.5) is 0 Å². The van der Waals surface area contributed by atoms with E-state index in [1.54, 1.807) is 0 Å². The number of carbonyl (C=O) groups excluding carboxylic acids is 1. The maximum atomic E-state index is 11.7. The maximum Gasteiger partial charge on any atom is 0.141 e. The summed E-state index contributed by atoms with van der Waals surface area (Å²) in [6.45, 7) is 7.87. The summed E-state index contributed by atoms with van der Waals surface area (Å²) in [6.07, 6.45) is 2.73. The van der Waals surface area contributed by atoms with Crippen LogP contribution in [0.15, 0.2) is 0 Å². The average Bonchev–Trinajstić information content (AvgIpc) is 2.19. The second-order valence-electron chi connectivity index (χ2n) is 4.59. The number of hydrogen-bond donors (Lipinski definition) is 0. The first kappa shape index (κ1) is 12.7. The minimum Gasteiger partial charge on any atom is -0.379 e. The molecule has 3 heteroatoms. The van der Waals surface area contributed by atoms with E-state index >= 15 is 0 Å². The van der Waals surface area contributed by atoms with Gasteiger partial charge in [0, 0.05) is 18.4 Å². The Kier molecular flexibility index (Phi) is 4.74. The molecule has 0 N–H and O–H groups in total. The zero-order chi connectivity index (χ0) is 11.3. The van der Waals surface area contributed by atoms with E-state index in [4.69, 9.17) is 9.47 Å². The molecule has 0 aromatic rings. The number of Topliss-reactive ketones (excluding diaryl/α,β-unsaturated/α-hetero) is 1. The first-order chi connectivity index (χ1) is 7.09. The van der Waals surface area contributed by atoms with Crippen LogP contribution in [-0.4, -0.2) is 31.7 Å². The molecule has 3 nitrogen and oxygen atoms in total. The van der Waals surface area contributed by atoms with Crippen molar-refractivity contribution in [2.45, 2.75) is 46.1 Å². The minimum absolute atomic E-state index is 0.0687. The molecule has 0 aliphatic heterocycles. The van der Waals surface area contributed by atoms with Gasteiger partial charge in [0.1, 0.15) is 5.78 Å². The third-order valence-corrected chi connectivity index (χ3v) is 3.14. The molecule has 0 spiro atoms. The largest absolute Gasteiger partial charge is 0.379 e. The molecule has 0 bridgehead atoms. The van der Waals surface area contributed by atoms with Gasteiger partial charge in [-0.15, -0.1) is 0 Å². The number of carbonyl (C=O) groups is 1. The smallest absolute Gasteiger partial charge is 0.141 e. The molecule has 0 aromatic heterocycles. The Labute approximate surface area is 92.1 Å². The van der Waals surface area contributed by atoms with Gasteiger partial charge in [-0.25, -0.2) is 0 Å². The molecule has 1 unspecified atom stereocenters. The average molecular weight is 214 g/mol. The summed E-state index contributed by atoms with van der Waals surface area (Å²) in [5, 5.41) is 0. The van der Waals surface area contributed by atoms with Crippen molar-refractivity contribution < 1.29 is 14.3 Å². The third-order valence-electron chi connectivity index (χ3n) is 3.14. The van der Waals surface area contributed by atoms with Crippen LogP contribution in [0, 0.1) is 5.41 Å². The van der Waals surface area contributed by atoms with Gasteiger partial charge >= 0.3 is 0 Å². The summed E-state index contributed by atoms with van der Waals surface area (Å²) in [4.78, 5) is 11.7. The molecule has 1 fully saturated rings. The highest BCUT2D eigenvalue weighted by Gasteiger charge is 2.39. The number of ether oxygens (including phenoxy) is 2. The van der Waals surface area contributed by atoms with Gasteiger partial charge < -0.3 is 9.47 Å². The number of rotatable bonds is 5. The third kappa shape index (κ3) is 3.28. The molecule has 0 aromatic carbocycles. The van der Waals surface area contributed by atoms with Gasteiger partial charge in [-0.1, -0.05) is 13.8 Å². The van der Waals surface area contributed by atoms with Gasteiger partial charge in [-0.2, -0.15) is 0 Å². The van der Waals surface area contributed by atoms with Crippen molar-refractivity contribution in [3.63, 3.8) is 0 Å². The van der Waals surface area contributed by atoms with E-state index in [0.29, 0.717) is 25.4 Å². The Bertz CT molecular complexity index is 211. The lowest BCUT2D eigenvalue weighted by atomic mass is 9.74. The van der Waals surface area contributed by atoms with E-state index < -0.39 is 0 Å². The molecule has 0 amide bonds. The molecular formula is C12H22O3. The van der Waals surface area contributed by atoms with Crippen molar-refractivity contribution in [1.82, 2.24) is 0 Å². The Morgan fingerprint density at radius 1 is 1.40 bits per heavy atom. The lowest BCUT2D eigenvalue weighted by molar-refractivity contribution is -0.142. The Hall–Kier alpha value is -0.410. The summed E-state index contributed by atoms with van der Waals surface area (Å²) in [5.74, 6) is 0.329. The molecule has 15 heavy (non-hydrogen) atoms. The second kappa shape index (κ2) is 5.61. The van der Waals surface area contributed by atoms with Crippen LogP contribution in [0.5, 0.6) is 0 Å². The molecule has 0 heterocycles. The van der Waals surface area contributed by atoms with E-state index in [9.17, 15) is 4.79 Å². The van der Waals surface area contributed by atoms with E-state index in [1.807, 2.05) is 20.8 Å². The van der Waals surface area contributed by atoms with Crippen LogP contribution in [0.25, 0.3) is 0 Å². The van der Waals surface area contributed by atoms with Gasteiger partial charge in [-0.05, 0) is 19.8 Å². The monoisotopic (exact) mass is 214 g/mol. The molecule has 1 aliphatic rings. The van der Waals surface area contributed by atoms with Gasteiger partial charge in [0.05, 0.1) is 19.3 Å². The topological polar surface area (TPSA) is 35.5 Å². The lowest BCUT2D eigenvalue weighted by Gasteiger charge is -2.36. The fourth-order valence-corrected chi connectivity index (χ4v) is 2.00. The highest BCUT2D eigenvalue weighted by Crippen LogP contribution is 2.34. The quantitative estimate of drug-likeness (QED) is 0.658. The van der Waals surface area contributed by atoms with Gasteiger partial charge in [-0.3, -0.25) is 4.79 Å². The normalized spacial score (nSPS) is 25.5. The van der Waals surface area contributed by atoms with E-state index in [2.05, 4.69) is 0 Å². The Balaban J connectivity index is 2.36. The molecule has 0 saturated heterocycles. The highest BCUT2D eigenvalue weighted by atomic mass is 16.5. The Morgan fingerprint density at radius 3 is 2.80 bits per heavy atom. The first-order valence-electron chi connectivity index (χ1n) is 5.81. The van der Waals surface area contributed by atoms with E-state index in [0.717, 1.165) is 19.4 Å². The first-order valence-corrected chi connectivity index (χ1v) is 5.81. The lowest BCUT2D eigenvalue weighted by Crippen LogP contribution is -2.42. The van der Waals surface area contributed by atoms with Crippen LogP contribution in [0.3, 0.4) is 0 Å². The van der Waals surface area contributed by atoms with Crippen molar-refractivity contribution in [3.05, 3.63) is 0 Å². The molecule has 1 atom stereocenters. The number of hydrogen-bond acceptors (Lipinski definition) is 3. The van der Waals surface area contributed by atoms with Gasteiger partial charge in [0.25, 0.3) is 0 Å². The SMILES string of the molecule is CCOCCOC1CCCC(=O)C1(C)C. The maximum absolute atomic E-state index is 11.7. The van der Waals surface area contributed by atoms with Crippen molar-refractivity contribution >= 4 is 5.78 Å². The summed E-state index contributed by atoms with van der Waals surface area (Å²) in [7, 11) is 0. The van der Waals surface area contributed by atoms with Crippen LogP contribution in [0.1, 0.15) is 40.0 Å². The molecule has 1 rings (SSSR count). The van der Waals surface area contributed by atoms with Crippen molar-refractivity contribution in [3.8, 4) is 0 Å². The minimum atomic E-state index is -0.315. The zero-order valence-electron chi connectivity index (χ0n) is 10.0. The molecular weight excluding hydrogens is 192 g/mol. The molecule has 0 radical (unpaired) electrons.